The Morgan fingerprint density at radius 2 is 1.78 bits per heavy atom. The van der Waals surface area contributed by atoms with Gasteiger partial charge in [-0.3, -0.25) is 9.59 Å². The summed E-state index contributed by atoms with van der Waals surface area (Å²) in [7, 11) is 0. The summed E-state index contributed by atoms with van der Waals surface area (Å²) < 4.78 is 0. The third-order valence-electron chi connectivity index (χ3n) is 3.25. The molecule has 1 heterocycles. The Kier molecular flexibility index (Phi) is 7.10. The summed E-state index contributed by atoms with van der Waals surface area (Å²) >= 11 is 7.48. The van der Waals surface area contributed by atoms with E-state index >= 15 is 0 Å². The van der Waals surface area contributed by atoms with Crippen molar-refractivity contribution in [2.75, 3.05) is 13.1 Å². The molecule has 23 heavy (non-hydrogen) atoms. The van der Waals surface area contributed by atoms with Crippen LogP contribution in [0.2, 0.25) is 5.02 Å². The van der Waals surface area contributed by atoms with E-state index in [1.165, 1.54) is 4.88 Å². The zero-order valence-electron chi connectivity index (χ0n) is 12.7. The number of halogens is 1. The number of carbonyl (C=O) groups excluding carboxylic acids is 2. The van der Waals surface area contributed by atoms with E-state index in [2.05, 4.69) is 16.7 Å². The van der Waals surface area contributed by atoms with Crippen molar-refractivity contribution in [1.82, 2.24) is 10.6 Å². The van der Waals surface area contributed by atoms with E-state index in [9.17, 15) is 9.59 Å². The van der Waals surface area contributed by atoms with E-state index in [1.807, 2.05) is 11.4 Å². The Morgan fingerprint density at radius 3 is 2.48 bits per heavy atom. The van der Waals surface area contributed by atoms with Crippen LogP contribution in [0.15, 0.2) is 41.8 Å². The van der Waals surface area contributed by atoms with Crippen molar-refractivity contribution in [3.63, 3.8) is 0 Å². The number of nitrogens with one attached hydrogen (secondary N) is 2. The Labute approximate surface area is 144 Å². The van der Waals surface area contributed by atoms with E-state index in [-0.39, 0.29) is 11.8 Å². The summed E-state index contributed by atoms with van der Waals surface area (Å²) in [5.74, 6) is -0.157. The smallest absolute Gasteiger partial charge is 0.251 e. The molecule has 0 aliphatic heterocycles. The van der Waals surface area contributed by atoms with Gasteiger partial charge in [0.1, 0.15) is 0 Å². The van der Waals surface area contributed by atoms with Crippen molar-refractivity contribution in [2.24, 2.45) is 0 Å². The highest BCUT2D eigenvalue weighted by atomic mass is 35.5. The highest BCUT2D eigenvalue weighted by Crippen LogP contribution is 2.11. The number of amides is 2. The van der Waals surface area contributed by atoms with Crippen LogP contribution in [-0.2, 0) is 11.2 Å². The molecule has 122 valence electrons. The maximum absolute atomic E-state index is 11.8. The summed E-state index contributed by atoms with van der Waals surface area (Å²) in [4.78, 5) is 24.8. The Balaban J connectivity index is 1.56. The van der Waals surface area contributed by atoms with E-state index in [1.54, 1.807) is 35.6 Å². The third kappa shape index (κ3) is 6.42. The molecule has 0 unspecified atom stereocenters. The number of hydrogen-bond acceptors (Lipinski definition) is 3. The number of rotatable bonds is 8. The van der Waals surface area contributed by atoms with Crippen LogP contribution in [0.3, 0.4) is 0 Å². The molecule has 0 aliphatic carbocycles. The molecule has 2 N–H and O–H groups in total. The second-order valence-corrected chi connectivity index (χ2v) is 6.51. The molecule has 0 saturated carbocycles. The van der Waals surface area contributed by atoms with Crippen LogP contribution in [0.5, 0.6) is 0 Å². The molecule has 0 saturated heterocycles. The van der Waals surface area contributed by atoms with Gasteiger partial charge >= 0.3 is 0 Å². The molecule has 4 nitrogen and oxygen atoms in total. The fraction of sp³-hybridized carbons (Fsp3) is 0.294. The quantitative estimate of drug-likeness (QED) is 0.718. The van der Waals surface area contributed by atoms with Crippen LogP contribution in [0.4, 0.5) is 0 Å². The minimum absolute atomic E-state index is 0.0160. The summed E-state index contributed by atoms with van der Waals surface area (Å²) in [6.45, 7) is 0.829. The number of carbonyl (C=O) groups is 2. The lowest BCUT2D eigenvalue weighted by Gasteiger charge is -2.07. The minimum atomic E-state index is -0.173. The number of aryl methyl sites for hydroxylation is 1. The van der Waals surface area contributed by atoms with Crippen molar-refractivity contribution in [2.45, 2.75) is 19.3 Å². The SMILES string of the molecule is O=C(CCCc1cccs1)NCCNC(=O)c1ccc(Cl)cc1. The predicted octanol–water partition coefficient (Wildman–Crippen LogP) is 3.27. The molecule has 0 spiro atoms. The average molecular weight is 351 g/mol. The molecule has 6 heteroatoms. The maximum Gasteiger partial charge on any atom is 0.251 e. The van der Waals surface area contributed by atoms with Crippen molar-refractivity contribution in [1.29, 1.82) is 0 Å². The van der Waals surface area contributed by atoms with Gasteiger partial charge < -0.3 is 10.6 Å². The summed E-state index contributed by atoms with van der Waals surface area (Å²) in [5.41, 5.74) is 0.552. The first-order valence-electron chi connectivity index (χ1n) is 7.48. The third-order valence-corrected chi connectivity index (χ3v) is 4.43. The van der Waals surface area contributed by atoms with Gasteiger partial charge in [0.15, 0.2) is 0 Å². The summed E-state index contributed by atoms with van der Waals surface area (Å²) in [5, 5.41) is 8.20. The summed E-state index contributed by atoms with van der Waals surface area (Å²) in [6, 6.07) is 10.8. The minimum Gasteiger partial charge on any atom is -0.354 e. The highest BCUT2D eigenvalue weighted by molar-refractivity contribution is 7.09. The van der Waals surface area contributed by atoms with Crippen LogP contribution in [0.1, 0.15) is 28.1 Å². The van der Waals surface area contributed by atoms with Crippen molar-refractivity contribution in [3.8, 4) is 0 Å². The lowest BCUT2D eigenvalue weighted by Crippen LogP contribution is -2.34. The molecule has 2 amide bonds. The summed E-state index contributed by atoms with van der Waals surface area (Å²) in [6.07, 6.45) is 2.27. The van der Waals surface area contributed by atoms with Crippen LogP contribution >= 0.6 is 22.9 Å². The fourth-order valence-corrected chi connectivity index (χ4v) is 2.92. The van der Waals surface area contributed by atoms with Crippen molar-refractivity contribution in [3.05, 3.63) is 57.2 Å². The van der Waals surface area contributed by atoms with Crippen LogP contribution in [-0.4, -0.2) is 24.9 Å². The molecule has 0 fully saturated rings. The number of benzene rings is 1. The predicted molar refractivity (Wildman–Crippen MR) is 94.1 cm³/mol. The second kappa shape index (κ2) is 9.33. The fourth-order valence-electron chi connectivity index (χ4n) is 2.05. The maximum atomic E-state index is 11.8. The van der Waals surface area contributed by atoms with Gasteiger partial charge in [-0.2, -0.15) is 0 Å². The van der Waals surface area contributed by atoms with Gasteiger partial charge in [-0.05, 0) is 48.6 Å². The molecule has 1 aromatic heterocycles. The van der Waals surface area contributed by atoms with Gasteiger partial charge in [-0.15, -0.1) is 11.3 Å². The number of thiophene rings is 1. The van der Waals surface area contributed by atoms with Gasteiger partial charge in [0.25, 0.3) is 5.91 Å². The van der Waals surface area contributed by atoms with Gasteiger partial charge in [0.05, 0.1) is 0 Å². The van der Waals surface area contributed by atoms with Gasteiger partial charge in [-0.1, -0.05) is 17.7 Å². The second-order valence-electron chi connectivity index (χ2n) is 5.05. The molecule has 1 aromatic carbocycles. The highest BCUT2D eigenvalue weighted by Gasteiger charge is 2.05. The van der Waals surface area contributed by atoms with E-state index in [0.717, 1.165) is 12.8 Å². The molecule has 2 rings (SSSR count). The van der Waals surface area contributed by atoms with Crippen LogP contribution in [0, 0.1) is 0 Å². The Morgan fingerprint density at radius 1 is 1.04 bits per heavy atom. The number of hydrogen-bond donors (Lipinski definition) is 2. The Bertz CT molecular complexity index is 627. The molecular formula is C17H19ClN2O2S. The standard InChI is InChI=1S/C17H19ClN2O2S/c18-14-8-6-13(7-9-14)17(22)20-11-10-19-16(21)5-1-3-15-4-2-12-23-15/h2,4,6-9,12H,1,3,5,10-11H2,(H,19,21)(H,20,22). The van der Waals surface area contributed by atoms with Crippen LogP contribution < -0.4 is 10.6 Å². The monoisotopic (exact) mass is 350 g/mol. The zero-order valence-corrected chi connectivity index (χ0v) is 14.3. The average Bonchev–Trinajstić information content (AvgIpc) is 3.05. The van der Waals surface area contributed by atoms with E-state index < -0.39 is 0 Å². The molecule has 0 atom stereocenters. The molecule has 0 radical (unpaired) electrons. The first kappa shape index (κ1) is 17.5. The largest absolute Gasteiger partial charge is 0.354 e. The van der Waals surface area contributed by atoms with E-state index in [0.29, 0.717) is 30.1 Å². The molecule has 0 bridgehead atoms. The van der Waals surface area contributed by atoms with E-state index in [4.69, 9.17) is 11.6 Å². The van der Waals surface area contributed by atoms with Crippen molar-refractivity contribution < 1.29 is 9.59 Å². The van der Waals surface area contributed by atoms with Gasteiger partial charge in [0, 0.05) is 35.0 Å². The van der Waals surface area contributed by atoms with Crippen molar-refractivity contribution >= 4 is 34.8 Å². The first-order valence-corrected chi connectivity index (χ1v) is 8.74. The first-order chi connectivity index (χ1) is 11.1. The topological polar surface area (TPSA) is 58.2 Å². The molecule has 0 aliphatic rings. The zero-order chi connectivity index (χ0) is 16.5. The molecule has 2 aromatic rings. The Hall–Kier alpha value is -1.85. The van der Waals surface area contributed by atoms with Gasteiger partial charge in [0.2, 0.25) is 5.91 Å². The molecular weight excluding hydrogens is 332 g/mol. The van der Waals surface area contributed by atoms with Crippen LogP contribution in [0.25, 0.3) is 0 Å². The lowest BCUT2D eigenvalue weighted by molar-refractivity contribution is -0.121. The normalized spacial score (nSPS) is 10.3. The lowest BCUT2D eigenvalue weighted by atomic mass is 10.2. The van der Waals surface area contributed by atoms with Gasteiger partial charge in [-0.25, -0.2) is 0 Å².